The summed E-state index contributed by atoms with van der Waals surface area (Å²) < 4.78 is 15.8. The maximum atomic E-state index is 14.1. The molecule has 2 aromatic heterocycles. The molecule has 0 unspecified atom stereocenters. The number of benzene rings is 1. The van der Waals surface area contributed by atoms with Crippen LogP contribution >= 0.6 is 23.1 Å². The van der Waals surface area contributed by atoms with E-state index in [1.807, 2.05) is 6.92 Å². The number of hydrogen-bond donors (Lipinski definition) is 1. The van der Waals surface area contributed by atoms with Crippen LogP contribution in [0.2, 0.25) is 0 Å². The molecule has 1 amide bonds. The van der Waals surface area contributed by atoms with Gasteiger partial charge in [-0.05, 0) is 19.1 Å². The minimum absolute atomic E-state index is 0.116. The predicted molar refractivity (Wildman–Crippen MR) is 99.6 cm³/mol. The molecule has 1 aromatic carbocycles. The molecule has 1 N–H and O–H groups in total. The quantitative estimate of drug-likeness (QED) is 0.493. The zero-order valence-electron chi connectivity index (χ0n) is 13.8. The number of hydrogen-bond acceptors (Lipinski definition) is 7. The molecular formula is C16H15FN6OS2. The fourth-order valence-corrected chi connectivity index (χ4v) is 3.52. The summed E-state index contributed by atoms with van der Waals surface area (Å²) in [4.78, 5) is 12.1. The zero-order chi connectivity index (χ0) is 18.5. The number of nitrogens with zero attached hydrogens (tertiary/aromatic N) is 5. The van der Waals surface area contributed by atoms with Gasteiger partial charge in [-0.25, -0.2) is 4.39 Å². The van der Waals surface area contributed by atoms with E-state index in [2.05, 4.69) is 32.3 Å². The Hall–Kier alpha value is -2.59. The fraction of sp³-hybridized carbons (Fsp3) is 0.188. The third-order valence-corrected chi connectivity index (χ3v) is 4.97. The zero-order valence-corrected chi connectivity index (χ0v) is 15.5. The molecule has 10 heteroatoms. The van der Waals surface area contributed by atoms with Gasteiger partial charge in [-0.1, -0.05) is 41.3 Å². The molecule has 0 aliphatic carbocycles. The Morgan fingerprint density at radius 3 is 2.85 bits per heavy atom. The van der Waals surface area contributed by atoms with Crippen molar-refractivity contribution in [2.45, 2.75) is 18.6 Å². The van der Waals surface area contributed by atoms with Crippen molar-refractivity contribution < 1.29 is 9.18 Å². The lowest BCUT2D eigenvalue weighted by Gasteiger charge is -2.08. The lowest BCUT2D eigenvalue weighted by atomic mass is 10.2. The number of nitrogens with one attached hydrogen (secondary N) is 1. The average molecular weight is 390 g/mol. The Labute approximate surface area is 157 Å². The number of rotatable bonds is 7. The lowest BCUT2D eigenvalue weighted by molar-refractivity contribution is -0.113. The minimum Gasteiger partial charge on any atom is -0.300 e. The Kier molecular flexibility index (Phi) is 5.74. The summed E-state index contributed by atoms with van der Waals surface area (Å²) >= 11 is 2.51. The molecule has 134 valence electrons. The van der Waals surface area contributed by atoms with Crippen LogP contribution in [0.15, 0.2) is 42.1 Å². The highest BCUT2D eigenvalue weighted by atomic mass is 32.2. The summed E-state index contributed by atoms with van der Waals surface area (Å²) in [5.41, 5.74) is 0.350. The number of anilines is 1. The van der Waals surface area contributed by atoms with Crippen LogP contribution in [0.4, 0.5) is 9.52 Å². The smallest absolute Gasteiger partial charge is 0.236 e. The van der Waals surface area contributed by atoms with E-state index in [9.17, 15) is 9.18 Å². The van der Waals surface area contributed by atoms with Gasteiger partial charge in [-0.2, -0.15) is 0 Å². The van der Waals surface area contributed by atoms with E-state index >= 15 is 0 Å². The predicted octanol–water partition coefficient (Wildman–Crippen LogP) is 3.16. The molecule has 7 nitrogen and oxygen atoms in total. The van der Waals surface area contributed by atoms with Gasteiger partial charge in [0.2, 0.25) is 11.0 Å². The highest BCUT2D eigenvalue weighted by molar-refractivity contribution is 7.99. The number of halogens is 1. The lowest BCUT2D eigenvalue weighted by Crippen LogP contribution is -2.14. The summed E-state index contributed by atoms with van der Waals surface area (Å²) in [6, 6.07) is 6.35. The maximum Gasteiger partial charge on any atom is 0.236 e. The molecule has 2 heterocycles. The van der Waals surface area contributed by atoms with Crippen molar-refractivity contribution in [3.05, 3.63) is 47.7 Å². The van der Waals surface area contributed by atoms with Gasteiger partial charge in [-0.15, -0.1) is 27.0 Å². The fourth-order valence-electron chi connectivity index (χ4n) is 2.16. The van der Waals surface area contributed by atoms with Gasteiger partial charge in [0.25, 0.3) is 0 Å². The highest BCUT2D eigenvalue weighted by Gasteiger charge is 2.17. The van der Waals surface area contributed by atoms with Crippen molar-refractivity contribution in [2.75, 3.05) is 11.1 Å². The molecule has 0 saturated carbocycles. The van der Waals surface area contributed by atoms with E-state index in [-0.39, 0.29) is 17.5 Å². The Morgan fingerprint density at radius 2 is 2.15 bits per heavy atom. The second-order valence-electron chi connectivity index (χ2n) is 5.15. The molecule has 3 rings (SSSR count). The first kappa shape index (κ1) is 18.2. The highest BCUT2D eigenvalue weighted by Crippen LogP contribution is 2.26. The number of aryl methyl sites for hydroxylation is 1. The van der Waals surface area contributed by atoms with Crippen molar-refractivity contribution in [3.8, 4) is 11.4 Å². The third kappa shape index (κ3) is 4.14. The second kappa shape index (κ2) is 8.19. The molecule has 26 heavy (non-hydrogen) atoms. The average Bonchev–Trinajstić information content (AvgIpc) is 3.20. The van der Waals surface area contributed by atoms with Crippen molar-refractivity contribution >= 4 is 34.1 Å². The first-order chi connectivity index (χ1) is 12.6. The van der Waals surface area contributed by atoms with Crippen molar-refractivity contribution in [3.63, 3.8) is 0 Å². The minimum atomic E-state index is -0.383. The maximum absolute atomic E-state index is 14.1. The molecule has 3 aromatic rings. The van der Waals surface area contributed by atoms with Gasteiger partial charge >= 0.3 is 0 Å². The van der Waals surface area contributed by atoms with E-state index in [4.69, 9.17) is 0 Å². The summed E-state index contributed by atoms with van der Waals surface area (Å²) in [6.07, 6.45) is 1.67. The van der Waals surface area contributed by atoms with Gasteiger partial charge in [0.15, 0.2) is 11.0 Å². The van der Waals surface area contributed by atoms with Gasteiger partial charge in [0.05, 0.1) is 11.3 Å². The molecule has 0 saturated heterocycles. The van der Waals surface area contributed by atoms with E-state index in [0.29, 0.717) is 28.2 Å². The normalized spacial score (nSPS) is 10.7. The first-order valence-corrected chi connectivity index (χ1v) is 9.40. The van der Waals surface area contributed by atoms with Crippen LogP contribution in [0.3, 0.4) is 0 Å². The molecule has 0 atom stereocenters. The molecule has 0 fully saturated rings. The Morgan fingerprint density at radius 1 is 1.35 bits per heavy atom. The van der Waals surface area contributed by atoms with Crippen LogP contribution in [0.25, 0.3) is 11.4 Å². The summed E-state index contributed by atoms with van der Waals surface area (Å²) in [5.74, 6) is -0.103. The van der Waals surface area contributed by atoms with Gasteiger partial charge in [0.1, 0.15) is 10.8 Å². The SMILES string of the molecule is C=CCn1c(SCC(=O)Nc2nnc(C)s2)nnc1-c1ccccc1F. The third-order valence-electron chi connectivity index (χ3n) is 3.25. The molecule has 0 spiro atoms. The first-order valence-electron chi connectivity index (χ1n) is 7.60. The number of amides is 1. The van der Waals surface area contributed by atoms with Gasteiger partial charge < -0.3 is 0 Å². The van der Waals surface area contributed by atoms with Crippen molar-refractivity contribution in [1.29, 1.82) is 0 Å². The summed E-state index contributed by atoms with van der Waals surface area (Å²) in [7, 11) is 0. The second-order valence-corrected chi connectivity index (χ2v) is 7.27. The monoisotopic (exact) mass is 390 g/mol. The van der Waals surface area contributed by atoms with Gasteiger partial charge in [0, 0.05) is 6.54 Å². The Bertz CT molecular complexity index is 938. The Balaban J connectivity index is 1.74. The number of carbonyl (C=O) groups excluding carboxylic acids is 1. The largest absolute Gasteiger partial charge is 0.300 e. The molecule has 0 bridgehead atoms. The van der Waals surface area contributed by atoms with Crippen LogP contribution in [0.5, 0.6) is 0 Å². The molecule has 0 aliphatic rings. The molecular weight excluding hydrogens is 375 g/mol. The molecule has 0 aliphatic heterocycles. The van der Waals surface area contributed by atoms with Crippen molar-refractivity contribution in [1.82, 2.24) is 25.0 Å². The molecule has 0 radical (unpaired) electrons. The van der Waals surface area contributed by atoms with Crippen LogP contribution < -0.4 is 5.32 Å². The van der Waals surface area contributed by atoms with Crippen LogP contribution in [0, 0.1) is 12.7 Å². The number of carbonyl (C=O) groups is 1. The van der Waals surface area contributed by atoms with Crippen LogP contribution in [-0.2, 0) is 11.3 Å². The van der Waals surface area contributed by atoms with Crippen LogP contribution in [-0.4, -0.2) is 36.6 Å². The number of aromatic nitrogens is 5. The number of thioether (sulfide) groups is 1. The van der Waals surface area contributed by atoms with Gasteiger partial charge in [-0.3, -0.25) is 14.7 Å². The van der Waals surface area contributed by atoms with E-state index in [1.54, 1.807) is 28.8 Å². The number of allylic oxidation sites excluding steroid dienone is 1. The summed E-state index contributed by atoms with van der Waals surface area (Å²) in [5, 5.41) is 20.3. The van der Waals surface area contributed by atoms with Crippen molar-refractivity contribution in [2.24, 2.45) is 0 Å². The van der Waals surface area contributed by atoms with Crippen LogP contribution in [0.1, 0.15) is 5.01 Å². The van der Waals surface area contributed by atoms with E-state index < -0.39 is 0 Å². The van der Waals surface area contributed by atoms with E-state index in [1.165, 1.54) is 29.2 Å². The summed E-state index contributed by atoms with van der Waals surface area (Å²) in [6.45, 7) is 5.92. The van der Waals surface area contributed by atoms with E-state index in [0.717, 1.165) is 5.01 Å². The topological polar surface area (TPSA) is 85.6 Å². The standard InChI is InChI=1S/C16H15FN6OS2/c1-3-8-23-14(11-6-4-5-7-12(11)17)20-22-16(23)25-9-13(24)18-15-21-19-10(2)26-15/h3-7H,1,8-9H2,2H3,(H,18,21,24).